The predicted octanol–water partition coefficient (Wildman–Crippen LogP) is 5.46. The first-order valence-electron chi connectivity index (χ1n) is 10.2. The fourth-order valence-electron chi connectivity index (χ4n) is 3.85. The standard InChI is InChI=1S/C22H28BrClN4O2/c1-14(2)18-6-4-5-7-20(18)28(17-8-10-27(11-9-17)15(3)29)22(30)26-21-19(23)12-16(24)13-25-21/h4-7,12-15,17,29H,8-11H2,1-3H3,(H,25,26,30). The minimum absolute atomic E-state index is 0.0194. The van der Waals surface area contributed by atoms with Gasteiger partial charge in [0.05, 0.1) is 9.50 Å². The Morgan fingerprint density at radius 2 is 1.97 bits per heavy atom. The molecule has 0 radical (unpaired) electrons. The molecular formula is C22H28BrClN4O2. The minimum Gasteiger partial charge on any atom is -0.379 e. The quantitative estimate of drug-likeness (QED) is 0.578. The van der Waals surface area contributed by atoms with Crippen molar-refractivity contribution in [1.82, 2.24) is 9.88 Å². The molecule has 1 aliphatic rings. The van der Waals surface area contributed by atoms with Crippen LogP contribution in [0.3, 0.4) is 0 Å². The van der Waals surface area contributed by atoms with Gasteiger partial charge in [0, 0.05) is 31.0 Å². The zero-order valence-corrected chi connectivity index (χ0v) is 19.8. The summed E-state index contributed by atoms with van der Waals surface area (Å²) >= 11 is 9.41. The molecule has 1 saturated heterocycles. The van der Waals surface area contributed by atoms with Gasteiger partial charge >= 0.3 is 6.03 Å². The highest BCUT2D eigenvalue weighted by atomic mass is 79.9. The van der Waals surface area contributed by atoms with E-state index in [0.717, 1.165) is 37.2 Å². The molecule has 0 aliphatic carbocycles. The lowest BCUT2D eigenvalue weighted by Crippen LogP contribution is -2.51. The SMILES string of the molecule is CC(C)c1ccccc1N(C(=O)Nc1ncc(Cl)cc1Br)C1CCN(C(C)O)CC1. The summed E-state index contributed by atoms with van der Waals surface area (Å²) in [5.74, 6) is 0.701. The van der Waals surface area contributed by atoms with Crippen LogP contribution in [0.25, 0.3) is 0 Å². The lowest BCUT2D eigenvalue weighted by molar-refractivity contribution is 0.00356. The lowest BCUT2D eigenvalue weighted by atomic mass is 9.97. The first-order chi connectivity index (χ1) is 14.3. The number of hydrogen-bond acceptors (Lipinski definition) is 4. The van der Waals surface area contributed by atoms with Gasteiger partial charge in [0.2, 0.25) is 0 Å². The summed E-state index contributed by atoms with van der Waals surface area (Å²) in [7, 11) is 0. The number of likely N-dealkylation sites (tertiary alicyclic amines) is 1. The van der Waals surface area contributed by atoms with Gasteiger partial charge in [-0.1, -0.05) is 43.6 Å². The van der Waals surface area contributed by atoms with Crippen molar-refractivity contribution >= 4 is 45.1 Å². The number of para-hydroxylation sites is 1. The van der Waals surface area contributed by atoms with Crippen molar-refractivity contribution in [3.63, 3.8) is 0 Å². The summed E-state index contributed by atoms with van der Waals surface area (Å²) in [6, 6.07) is 9.53. The smallest absolute Gasteiger partial charge is 0.327 e. The largest absolute Gasteiger partial charge is 0.379 e. The van der Waals surface area contributed by atoms with E-state index < -0.39 is 6.23 Å². The molecule has 1 fully saturated rings. The molecule has 1 aromatic carbocycles. The van der Waals surface area contributed by atoms with E-state index >= 15 is 0 Å². The number of urea groups is 1. The van der Waals surface area contributed by atoms with Crippen molar-refractivity contribution in [1.29, 1.82) is 0 Å². The van der Waals surface area contributed by atoms with Gasteiger partial charge in [0.25, 0.3) is 0 Å². The third-order valence-electron chi connectivity index (χ3n) is 5.46. The number of halogens is 2. The zero-order chi connectivity index (χ0) is 21.8. The molecule has 3 rings (SSSR count). The van der Waals surface area contributed by atoms with Gasteiger partial charge in [-0.05, 0) is 59.3 Å². The average Bonchev–Trinajstić information content (AvgIpc) is 2.71. The first-order valence-corrected chi connectivity index (χ1v) is 11.4. The summed E-state index contributed by atoms with van der Waals surface area (Å²) in [4.78, 5) is 21.6. The van der Waals surface area contributed by atoms with Crippen LogP contribution in [-0.2, 0) is 0 Å². The van der Waals surface area contributed by atoms with Crippen LogP contribution >= 0.6 is 27.5 Å². The van der Waals surface area contributed by atoms with Crippen molar-refractivity contribution in [2.45, 2.75) is 51.8 Å². The van der Waals surface area contributed by atoms with Gasteiger partial charge < -0.3 is 5.11 Å². The Kier molecular flexibility index (Phi) is 7.74. The second-order valence-corrected chi connectivity index (χ2v) is 9.19. The van der Waals surface area contributed by atoms with Crippen LogP contribution in [-0.4, -0.2) is 46.4 Å². The molecule has 2 heterocycles. The number of rotatable bonds is 5. The molecule has 30 heavy (non-hydrogen) atoms. The van der Waals surface area contributed by atoms with E-state index in [4.69, 9.17) is 11.6 Å². The Bertz CT molecular complexity index is 885. The Hall–Kier alpha value is -1.67. The lowest BCUT2D eigenvalue weighted by Gasteiger charge is -2.40. The number of carbonyl (C=O) groups excluding carboxylic acids is 1. The van der Waals surface area contributed by atoms with Crippen molar-refractivity contribution in [2.24, 2.45) is 0 Å². The molecule has 162 valence electrons. The van der Waals surface area contributed by atoms with Crippen LogP contribution in [0.2, 0.25) is 5.02 Å². The monoisotopic (exact) mass is 494 g/mol. The van der Waals surface area contributed by atoms with Gasteiger partial charge in [0.1, 0.15) is 12.0 Å². The molecule has 6 nitrogen and oxygen atoms in total. The van der Waals surface area contributed by atoms with Crippen molar-refractivity contribution in [3.8, 4) is 0 Å². The summed E-state index contributed by atoms with van der Waals surface area (Å²) in [6.45, 7) is 7.50. The molecule has 1 unspecified atom stereocenters. The second kappa shape index (κ2) is 10.1. The topological polar surface area (TPSA) is 68.7 Å². The maximum Gasteiger partial charge on any atom is 0.327 e. The van der Waals surface area contributed by atoms with E-state index in [9.17, 15) is 9.90 Å². The molecule has 1 aromatic heterocycles. The molecule has 1 aliphatic heterocycles. The number of nitrogens with one attached hydrogen (secondary N) is 1. The minimum atomic E-state index is -0.481. The Balaban J connectivity index is 1.93. The Morgan fingerprint density at radius 3 is 2.57 bits per heavy atom. The van der Waals surface area contributed by atoms with Crippen molar-refractivity contribution in [2.75, 3.05) is 23.3 Å². The maximum absolute atomic E-state index is 13.5. The number of nitrogens with zero attached hydrogens (tertiary/aromatic N) is 3. The first kappa shape index (κ1) is 23.0. The van der Waals surface area contributed by atoms with Gasteiger partial charge in [-0.3, -0.25) is 15.1 Å². The van der Waals surface area contributed by atoms with E-state index in [1.165, 1.54) is 6.20 Å². The molecule has 0 bridgehead atoms. The summed E-state index contributed by atoms with van der Waals surface area (Å²) < 4.78 is 0.629. The number of amides is 2. The summed E-state index contributed by atoms with van der Waals surface area (Å²) in [6.07, 6.45) is 2.58. The molecular weight excluding hydrogens is 468 g/mol. The van der Waals surface area contributed by atoms with Crippen LogP contribution < -0.4 is 10.2 Å². The molecule has 2 aromatic rings. The fraction of sp³-hybridized carbons (Fsp3) is 0.455. The Labute approximate surface area is 191 Å². The second-order valence-electron chi connectivity index (χ2n) is 7.90. The average molecular weight is 496 g/mol. The number of benzene rings is 1. The highest BCUT2D eigenvalue weighted by Crippen LogP contribution is 2.33. The van der Waals surface area contributed by atoms with Gasteiger partial charge in [-0.2, -0.15) is 0 Å². The maximum atomic E-state index is 13.5. The van der Waals surface area contributed by atoms with E-state index in [2.05, 4.69) is 46.1 Å². The Morgan fingerprint density at radius 1 is 1.30 bits per heavy atom. The van der Waals surface area contributed by atoms with Gasteiger partial charge in [0.15, 0.2) is 0 Å². The number of anilines is 2. The third-order valence-corrected chi connectivity index (χ3v) is 6.27. The molecule has 0 saturated carbocycles. The van der Waals surface area contributed by atoms with E-state index in [0.29, 0.717) is 15.3 Å². The van der Waals surface area contributed by atoms with Gasteiger partial charge in [-0.15, -0.1) is 0 Å². The number of aromatic nitrogens is 1. The van der Waals surface area contributed by atoms with E-state index in [1.807, 2.05) is 28.0 Å². The molecule has 8 heteroatoms. The fourth-order valence-corrected chi connectivity index (χ4v) is 4.59. The molecule has 2 N–H and O–H groups in total. The highest BCUT2D eigenvalue weighted by Gasteiger charge is 2.32. The predicted molar refractivity (Wildman–Crippen MR) is 125 cm³/mol. The van der Waals surface area contributed by atoms with Crippen LogP contribution in [0.4, 0.5) is 16.3 Å². The third kappa shape index (κ3) is 5.32. The summed E-state index contributed by atoms with van der Waals surface area (Å²) in [5.41, 5.74) is 2.03. The number of aliphatic hydroxyl groups is 1. The highest BCUT2D eigenvalue weighted by molar-refractivity contribution is 9.10. The molecule has 2 amide bonds. The molecule has 1 atom stereocenters. The van der Waals surface area contributed by atoms with Crippen molar-refractivity contribution in [3.05, 3.63) is 51.6 Å². The van der Waals surface area contributed by atoms with E-state index in [1.54, 1.807) is 13.0 Å². The van der Waals surface area contributed by atoms with Crippen LogP contribution in [0, 0.1) is 0 Å². The summed E-state index contributed by atoms with van der Waals surface area (Å²) in [5, 5.41) is 13.3. The van der Waals surface area contributed by atoms with E-state index in [-0.39, 0.29) is 18.0 Å². The van der Waals surface area contributed by atoms with Crippen molar-refractivity contribution < 1.29 is 9.90 Å². The zero-order valence-electron chi connectivity index (χ0n) is 17.5. The normalized spacial score (nSPS) is 16.5. The van der Waals surface area contributed by atoms with Crippen LogP contribution in [0.1, 0.15) is 45.1 Å². The number of hydrogen-bond donors (Lipinski definition) is 2. The molecule has 0 spiro atoms. The number of pyridine rings is 1. The van der Waals surface area contributed by atoms with Crippen LogP contribution in [0.5, 0.6) is 0 Å². The van der Waals surface area contributed by atoms with Gasteiger partial charge in [-0.25, -0.2) is 9.78 Å². The number of piperidine rings is 1. The number of aliphatic hydroxyl groups excluding tert-OH is 1. The number of carbonyl (C=O) groups is 1. The van der Waals surface area contributed by atoms with Crippen LogP contribution in [0.15, 0.2) is 41.0 Å².